The molecule has 2 rings (SSSR count). The second-order valence-electron chi connectivity index (χ2n) is 5.46. The van der Waals surface area contributed by atoms with Crippen LogP contribution in [-0.2, 0) is 0 Å². The normalized spacial score (nSPS) is 54.6. The van der Waals surface area contributed by atoms with E-state index in [-0.39, 0.29) is 25.7 Å². The molecule has 14 heavy (non-hydrogen) atoms. The third-order valence-corrected chi connectivity index (χ3v) is 3.53. The van der Waals surface area contributed by atoms with Crippen LogP contribution in [-0.4, -0.2) is 33.7 Å². The second-order valence-corrected chi connectivity index (χ2v) is 5.46. The molecule has 1 heterocycles. The number of nitrogens with zero attached hydrogens (tertiary/aromatic N) is 1. The summed E-state index contributed by atoms with van der Waals surface area (Å²) >= 11 is 0. The summed E-state index contributed by atoms with van der Waals surface area (Å²) in [6, 6.07) is 0. The van der Waals surface area contributed by atoms with Gasteiger partial charge in [-0.2, -0.15) is 5.06 Å². The Morgan fingerprint density at radius 2 is 1.79 bits per heavy atom. The molecular weight excluding hydrogens is 188 g/mol. The lowest BCUT2D eigenvalue weighted by Crippen LogP contribution is -2.62. The summed E-state index contributed by atoms with van der Waals surface area (Å²) in [4.78, 5) is 0. The van der Waals surface area contributed by atoms with E-state index in [0.717, 1.165) is 5.06 Å². The average molecular weight is 205 g/mol. The van der Waals surface area contributed by atoms with E-state index in [1.807, 2.05) is 0 Å². The fourth-order valence-electron chi connectivity index (χ4n) is 3.26. The van der Waals surface area contributed by atoms with Crippen molar-refractivity contribution in [2.45, 2.75) is 56.4 Å². The van der Waals surface area contributed by atoms with Crippen molar-refractivity contribution in [3.8, 4) is 0 Å². The fourth-order valence-corrected chi connectivity index (χ4v) is 3.26. The van der Waals surface area contributed by atoms with Crippen molar-refractivity contribution in [2.75, 3.05) is 6.54 Å². The molecule has 0 aromatic carbocycles. The molecule has 3 atom stereocenters. The number of hydrogen-bond acceptors (Lipinski definition) is 2. The van der Waals surface area contributed by atoms with Gasteiger partial charge in [0.1, 0.15) is 11.3 Å². The molecule has 4 heteroatoms. The molecule has 2 fully saturated rings. The topological polar surface area (TPSA) is 23.5 Å². The highest BCUT2D eigenvalue weighted by Gasteiger charge is 2.57. The van der Waals surface area contributed by atoms with Gasteiger partial charge in [0, 0.05) is 31.3 Å². The van der Waals surface area contributed by atoms with Gasteiger partial charge in [0.05, 0.1) is 0 Å². The Morgan fingerprint density at radius 3 is 2.43 bits per heavy atom. The first-order valence-electron chi connectivity index (χ1n) is 5.09. The third-order valence-electron chi connectivity index (χ3n) is 3.53. The second kappa shape index (κ2) is 2.67. The minimum atomic E-state index is -1.50. The zero-order chi connectivity index (χ0) is 10.6. The van der Waals surface area contributed by atoms with E-state index in [1.165, 1.54) is 6.92 Å². The van der Waals surface area contributed by atoms with Crippen molar-refractivity contribution in [1.29, 1.82) is 0 Å². The van der Waals surface area contributed by atoms with Crippen molar-refractivity contribution in [1.82, 2.24) is 5.06 Å². The summed E-state index contributed by atoms with van der Waals surface area (Å²) in [6.07, 6.45) is 0.667. The minimum Gasteiger partial charge on any atom is -0.313 e. The molecule has 1 saturated heterocycles. The summed E-state index contributed by atoms with van der Waals surface area (Å²) in [5.41, 5.74) is -3.65. The van der Waals surface area contributed by atoms with Crippen LogP contribution in [0.15, 0.2) is 0 Å². The standard InChI is InChI=1S/C10H17F2NO/c1-8(11)5-9(2)7-10(12,6-8)3-4-13(9)14/h14H,3-7H2,1-2H3. The van der Waals surface area contributed by atoms with Crippen LogP contribution in [0.25, 0.3) is 0 Å². The highest BCUT2D eigenvalue weighted by atomic mass is 19.2. The monoisotopic (exact) mass is 205 g/mol. The first-order chi connectivity index (χ1) is 6.25. The largest absolute Gasteiger partial charge is 0.313 e. The summed E-state index contributed by atoms with van der Waals surface area (Å²) < 4.78 is 28.0. The van der Waals surface area contributed by atoms with Crippen molar-refractivity contribution in [3.63, 3.8) is 0 Å². The van der Waals surface area contributed by atoms with E-state index < -0.39 is 16.9 Å². The molecule has 0 aromatic rings. The molecule has 2 nitrogen and oxygen atoms in total. The predicted octanol–water partition coefficient (Wildman–Crippen LogP) is 2.46. The number of hydrogen-bond donors (Lipinski definition) is 1. The molecule has 1 aliphatic heterocycles. The summed E-state index contributed by atoms with van der Waals surface area (Å²) in [6.45, 7) is 3.47. The fraction of sp³-hybridized carbons (Fsp3) is 1.00. The number of rotatable bonds is 0. The molecule has 0 amide bonds. The van der Waals surface area contributed by atoms with Crippen molar-refractivity contribution in [3.05, 3.63) is 0 Å². The van der Waals surface area contributed by atoms with Gasteiger partial charge in [-0.1, -0.05) is 0 Å². The molecule has 0 radical (unpaired) electrons. The van der Waals surface area contributed by atoms with Gasteiger partial charge in [0.2, 0.25) is 0 Å². The van der Waals surface area contributed by atoms with Gasteiger partial charge in [0.25, 0.3) is 0 Å². The van der Waals surface area contributed by atoms with Crippen LogP contribution in [0.2, 0.25) is 0 Å². The van der Waals surface area contributed by atoms with Gasteiger partial charge in [0.15, 0.2) is 0 Å². The van der Waals surface area contributed by atoms with Gasteiger partial charge in [-0.15, -0.1) is 0 Å². The molecule has 0 spiro atoms. The van der Waals surface area contributed by atoms with E-state index in [0.29, 0.717) is 6.54 Å². The number of alkyl halides is 2. The molecule has 2 aliphatic rings. The number of fused-ring (bicyclic) bond motifs is 2. The molecule has 0 aromatic heterocycles. The quantitative estimate of drug-likeness (QED) is 0.656. The Balaban J connectivity index is 2.30. The number of halogens is 2. The van der Waals surface area contributed by atoms with Crippen LogP contribution in [0.5, 0.6) is 0 Å². The van der Waals surface area contributed by atoms with E-state index in [9.17, 15) is 14.0 Å². The maximum Gasteiger partial charge on any atom is 0.117 e. The van der Waals surface area contributed by atoms with Gasteiger partial charge in [-0.3, -0.25) is 0 Å². The molecule has 1 aliphatic carbocycles. The van der Waals surface area contributed by atoms with Crippen LogP contribution in [0.1, 0.15) is 39.5 Å². The zero-order valence-corrected chi connectivity index (χ0v) is 8.69. The van der Waals surface area contributed by atoms with Crippen molar-refractivity contribution in [2.24, 2.45) is 0 Å². The van der Waals surface area contributed by atoms with Crippen LogP contribution in [0.4, 0.5) is 8.78 Å². The highest BCUT2D eigenvalue weighted by molar-refractivity contribution is 5.08. The Labute approximate surface area is 82.9 Å². The SMILES string of the molecule is CC1(F)CC2(F)CCN(O)C(C)(C1)C2. The molecular formula is C10H17F2NO. The average Bonchev–Trinajstić information content (AvgIpc) is 1.93. The lowest BCUT2D eigenvalue weighted by molar-refractivity contribution is -0.242. The van der Waals surface area contributed by atoms with Gasteiger partial charge in [-0.05, 0) is 20.3 Å². The van der Waals surface area contributed by atoms with Gasteiger partial charge in [-0.25, -0.2) is 8.78 Å². The Hall–Kier alpha value is -0.220. The molecule has 82 valence electrons. The molecule has 3 unspecified atom stereocenters. The first kappa shape index (κ1) is 10.3. The van der Waals surface area contributed by atoms with Gasteiger partial charge >= 0.3 is 0 Å². The summed E-state index contributed by atoms with van der Waals surface area (Å²) in [5, 5.41) is 10.7. The van der Waals surface area contributed by atoms with E-state index in [1.54, 1.807) is 6.92 Å². The van der Waals surface area contributed by atoms with Crippen molar-refractivity contribution >= 4 is 0 Å². The molecule has 2 bridgehead atoms. The Morgan fingerprint density at radius 1 is 1.14 bits per heavy atom. The predicted molar refractivity (Wildman–Crippen MR) is 48.7 cm³/mol. The highest BCUT2D eigenvalue weighted by Crippen LogP contribution is 2.51. The first-order valence-corrected chi connectivity index (χ1v) is 5.09. The van der Waals surface area contributed by atoms with Crippen LogP contribution in [0, 0.1) is 0 Å². The zero-order valence-electron chi connectivity index (χ0n) is 8.69. The van der Waals surface area contributed by atoms with Crippen molar-refractivity contribution < 1.29 is 14.0 Å². The van der Waals surface area contributed by atoms with Crippen LogP contribution >= 0.6 is 0 Å². The smallest absolute Gasteiger partial charge is 0.117 e. The summed E-state index contributed by atoms with van der Waals surface area (Å²) in [7, 11) is 0. The maximum absolute atomic E-state index is 14.1. The lowest BCUT2D eigenvalue weighted by atomic mass is 9.65. The maximum atomic E-state index is 14.1. The van der Waals surface area contributed by atoms with E-state index >= 15 is 0 Å². The lowest BCUT2D eigenvalue weighted by Gasteiger charge is -2.54. The Bertz CT molecular complexity index is 255. The Kier molecular flexibility index (Phi) is 1.96. The van der Waals surface area contributed by atoms with E-state index in [2.05, 4.69) is 0 Å². The van der Waals surface area contributed by atoms with Crippen LogP contribution in [0.3, 0.4) is 0 Å². The third kappa shape index (κ3) is 1.54. The van der Waals surface area contributed by atoms with E-state index in [4.69, 9.17) is 0 Å². The minimum absolute atomic E-state index is 0.0244. The molecule has 1 N–H and O–H groups in total. The number of piperidine rings is 1. The van der Waals surface area contributed by atoms with Crippen LogP contribution < -0.4 is 0 Å². The number of hydroxylamine groups is 2. The van der Waals surface area contributed by atoms with Gasteiger partial charge < -0.3 is 5.21 Å². The summed E-state index contributed by atoms with van der Waals surface area (Å²) in [5.74, 6) is 0. The molecule has 1 saturated carbocycles.